The fraction of sp³-hybridized carbons (Fsp3) is 0.931. The van der Waals surface area contributed by atoms with Crippen LogP contribution in [0.3, 0.4) is 0 Å². The predicted molar refractivity (Wildman–Crippen MR) is 137 cm³/mol. The van der Waals surface area contributed by atoms with E-state index in [9.17, 15) is 14.7 Å². The van der Waals surface area contributed by atoms with E-state index in [1.54, 1.807) is 0 Å². The van der Waals surface area contributed by atoms with E-state index < -0.39 is 5.97 Å². The lowest BCUT2D eigenvalue weighted by Gasteiger charge is -2.27. The van der Waals surface area contributed by atoms with Crippen LogP contribution in [0.2, 0.25) is 0 Å². The molecular weight excluding hydrogens is 412 g/mol. The average molecular weight is 467 g/mol. The van der Waals surface area contributed by atoms with Crippen LogP contribution in [0.1, 0.15) is 155 Å². The first kappa shape index (κ1) is 30.0. The monoisotopic (exact) mass is 466 g/mol. The molecule has 1 atom stereocenters. The molecule has 0 aliphatic heterocycles. The van der Waals surface area contributed by atoms with E-state index in [4.69, 9.17) is 4.74 Å². The number of carboxylic acids is 1. The second kappa shape index (κ2) is 20.3. The van der Waals surface area contributed by atoms with Crippen molar-refractivity contribution in [3.05, 3.63) is 0 Å². The van der Waals surface area contributed by atoms with Crippen molar-refractivity contribution in [3.8, 4) is 0 Å². The Kier molecular flexibility index (Phi) is 18.5. The van der Waals surface area contributed by atoms with Gasteiger partial charge < -0.3 is 9.84 Å². The lowest BCUT2D eigenvalue weighted by atomic mass is 9.82. The standard InChI is InChI=1S/C29H54O4/c1-3-5-7-9-11-12-13-14-16-18-20-27(19-17-15-10-8-6-4-2)33-29(32)26-23-21-25(22-24-26)28(30)31/h25-27H,3-24H2,1-2H3,(H,30,31). The van der Waals surface area contributed by atoms with Gasteiger partial charge in [-0.3, -0.25) is 9.59 Å². The van der Waals surface area contributed by atoms with Crippen LogP contribution in [0.5, 0.6) is 0 Å². The van der Waals surface area contributed by atoms with Gasteiger partial charge in [0, 0.05) is 0 Å². The van der Waals surface area contributed by atoms with E-state index in [0.717, 1.165) is 25.7 Å². The van der Waals surface area contributed by atoms with Crippen molar-refractivity contribution in [1.82, 2.24) is 0 Å². The number of carbonyl (C=O) groups excluding carboxylic acids is 1. The number of esters is 1. The third kappa shape index (κ3) is 15.5. The zero-order valence-electron chi connectivity index (χ0n) is 22.0. The SMILES string of the molecule is CCCCCCCCCCCCC(CCCCCCCC)OC(=O)C1CCC(C(=O)O)CC1. The fourth-order valence-corrected chi connectivity index (χ4v) is 5.11. The van der Waals surface area contributed by atoms with Gasteiger partial charge in [-0.05, 0) is 51.4 Å². The van der Waals surface area contributed by atoms with E-state index in [0.29, 0.717) is 25.7 Å². The maximum atomic E-state index is 12.8. The highest BCUT2D eigenvalue weighted by Gasteiger charge is 2.31. The van der Waals surface area contributed by atoms with Crippen LogP contribution in [0.25, 0.3) is 0 Å². The van der Waals surface area contributed by atoms with Crippen molar-refractivity contribution in [2.75, 3.05) is 0 Å². The molecular formula is C29H54O4. The quantitative estimate of drug-likeness (QED) is 0.135. The number of aliphatic carboxylic acids is 1. The molecule has 4 nitrogen and oxygen atoms in total. The molecule has 0 amide bonds. The van der Waals surface area contributed by atoms with Gasteiger partial charge >= 0.3 is 11.9 Å². The minimum absolute atomic E-state index is 0.0508. The Morgan fingerprint density at radius 2 is 1.00 bits per heavy atom. The Bertz CT molecular complexity index is 482. The summed E-state index contributed by atoms with van der Waals surface area (Å²) in [6.07, 6.45) is 25.3. The van der Waals surface area contributed by atoms with Gasteiger partial charge in [-0.1, -0.05) is 104 Å². The first-order valence-corrected chi connectivity index (χ1v) is 14.5. The number of rotatable bonds is 21. The van der Waals surface area contributed by atoms with Crippen molar-refractivity contribution in [1.29, 1.82) is 0 Å². The van der Waals surface area contributed by atoms with Gasteiger partial charge in [-0.15, -0.1) is 0 Å². The van der Waals surface area contributed by atoms with Gasteiger partial charge in [0.2, 0.25) is 0 Å². The highest BCUT2D eigenvalue weighted by molar-refractivity contribution is 5.74. The number of ether oxygens (including phenoxy) is 1. The first-order valence-electron chi connectivity index (χ1n) is 14.5. The lowest BCUT2D eigenvalue weighted by Crippen LogP contribution is -2.29. The average Bonchev–Trinajstić information content (AvgIpc) is 2.82. The summed E-state index contributed by atoms with van der Waals surface area (Å²) in [5, 5.41) is 9.19. The Morgan fingerprint density at radius 1 is 0.636 bits per heavy atom. The van der Waals surface area contributed by atoms with E-state index in [-0.39, 0.29) is 23.9 Å². The summed E-state index contributed by atoms with van der Waals surface area (Å²) < 4.78 is 6.01. The first-order chi connectivity index (χ1) is 16.1. The summed E-state index contributed by atoms with van der Waals surface area (Å²) in [4.78, 5) is 23.9. The summed E-state index contributed by atoms with van der Waals surface area (Å²) in [7, 11) is 0. The summed E-state index contributed by atoms with van der Waals surface area (Å²) >= 11 is 0. The number of carboxylic acid groups (broad SMARTS) is 1. The number of hydrogen-bond donors (Lipinski definition) is 1. The van der Waals surface area contributed by atoms with Gasteiger partial charge in [0.05, 0.1) is 11.8 Å². The third-order valence-electron chi connectivity index (χ3n) is 7.45. The zero-order chi connectivity index (χ0) is 24.2. The molecule has 4 heteroatoms. The second-order valence-corrected chi connectivity index (χ2v) is 10.5. The molecule has 1 fully saturated rings. The van der Waals surface area contributed by atoms with Crippen LogP contribution in [0, 0.1) is 11.8 Å². The normalized spacial score (nSPS) is 19.3. The highest BCUT2D eigenvalue weighted by atomic mass is 16.5. The van der Waals surface area contributed by atoms with Crippen LogP contribution in [0.4, 0.5) is 0 Å². The zero-order valence-corrected chi connectivity index (χ0v) is 22.0. The molecule has 0 aromatic rings. The van der Waals surface area contributed by atoms with Crippen LogP contribution in [0.15, 0.2) is 0 Å². The van der Waals surface area contributed by atoms with Crippen LogP contribution in [-0.2, 0) is 14.3 Å². The number of hydrogen-bond acceptors (Lipinski definition) is 3. The molecule has 1 saturated carbocycles. The van der Waals surface area contributed by atoms with Crippen molar-refractivity contribution < 1.29 is 19.4 Å². The smallest absolute Gasteiger partial charge is 0.309 e. The topological polar surface area (TPSA) is 63.6 Å². The molecule has 0 aromatic carbocycles. The molecule has 1 aliphatic carbocycles. The maximum Gasteiger partial charge on any atom is 0.309 e. The predicted octanol–water partition coefficient (Wildman–Crippen LogP) is 8.85. The van der Waals surface area contributed by atoms with E-state index in [1.807, 2.05) is 0 Å². The van der Waals surface area contributed by atoms with Crippen LogP contribution >= 0.6 is 0 Å². The number of carbonyl (C=O) groups is 2. The molecule has 1 rings (SSSR count). The molecule has 0 heterocycles. The largest absolute Gasteiger partial charge is 0.481 e. The Labute approximate surface area is 204 Å². The second-order valence-electron chi connectivity index (χ2n) is 10.5. The molecule has 194 valence electrons. The van der Waals surface area contributed by atoms with Gasteiger partial charge in [-0.25, -0.2) is 0 Å². The van der Waals surface area contributed by atoms with E-state index >= 15 is 0 Å². The minimum atomic E-state index is -0.719. The Balaban J connectivity index is 2.29. The molecule has 0 saturated heterocycles. The number of unbranched alkanes of at least 4 members (excludes halogenated alkanes) is 14. The molecule has 1 N–H and O–H groups in total. The molecule has 0 aromatic heterocycles. The lowest BCUT2D eigenvalue weighted by molar-refractivity contribution is -0.158. The Hall–Kier alpha value is -1.06. The molecule has 0 radical (unpaired) electrons. The Morgan fingerprint density at radius 3 is 1.39 bits per heavy atom. The van der Waals surface area contributed by atoms with Crippen molar-refractivity contribution in [2.45, 2.75) is 161 Å². The molecule has 1 aliphatic rings. The third-order valence-corrected chi connectivity index (χ3v) is 7.45. The summed E-state index contributed by atoms with van der Waals surface area (Å²) in [6, 6.07) is 0. The molecule has 0 bridgehead atoms. The minimum Gasteiger partial charge on any atom is -0.481 e. The molecule has 33 heavy (non-hydrogen) atoms. The maximum absolute atomic E-state index is 12.8. The van der Waals surface area contributed by atoms with E-state index in [2.05, 4.69) is 13.8 Å². The fourth-order valence-electron chi connectivity index (χ4n) is 5.11. The van der Waals surface area contributed by atoms with Gasteiger partial charge in [0.15, 0.2) is 0 Å². The van der Waals surface area contributed by atoms with Gasteiger partial charge in [0.25, 0.3) is 0 Å². The van der Waals surface area contributed by atoms with Crippen LogP contribution in [-0.4, -0.2) is 23.1 Å². The summed E-state index contributed by atoms with van der Waals surface area (Å²) in [6.45, 7) is 4.51. The van der Waals surface area contributed by atoms with Gasteiger partial charge in [0.1, 0.15) is 6.10 Å². The van der Waals surface area contributed by atoms with Gasteiger partial charge in [-0.2, -0.15) is 0 Å². The van der Waals surface area contributed by atoms with Crippen LogP contribution < -0.4 is 0 Å². The van der Waals surface area contributed by atoms with Crippen molar-refractivity contribution >= 4 is 11.9 Å². The van der Waals surface area contributed by atoms with Crippen molar-refractivity contribution in [3.63, 3.8) is 0 Å². The highest BCUT2D eigenvalue weighted by Crippen LogP contribution is 2.30. The summed E-state index contributed by atoms with van der Waals surface area (Å²) in [5.41, 5.74) is 0. The molecule has 1 unspecified atom stereocenters. The summed E-state index contributed by atoms with van der Waals surface area (Å²) in [5.74, 6) is -1.16. The molecule has 0 spiro atoms. The van der Waals surface area contributed by atoms with Crippen molar-refractivity contribution in [2.24, 2.45) is 11.8 Å². The van der Waals surface area contributed by atoms with E-state index in [1.165, 1.54) is 89.9 Å².